The van der Waals surface area contributed by atoms with Crippen molar-refractivity contribution in [3.63, 3.8) is 0 Å². The van der Waals surface area contributed by atoms with Crippen LogP contribution in [0.5, 0.6) is 0 Å². The Morgan fingerprint density at radius 2 is 1.96 bits per heavy atom. The van der Waals surface area contributed by atoms with Gasteiger partial charge >= 0.3 is 0 Å². The van der Waals surface area contributed by atoms with Crippen molar-refractivity contribution in [1.29, 1.82) is 0 Å². The van der Waals surface area contributed by atoms with Gasteiger partial charge in [0, 0.05) is 18.3 Å². The first-order valence-corrected chi connectivity index (χ1v) is 9.20. The Morgan fingerprint density at radius 1 is 1.20 bits per heavy atom. The van der Waals surface area contributed by atoms with E-state index < -0.39 is 10.0 Å². The van der Waals surface area contributed by atoms with Crippen LogP contribution in [0.15, 0.2) is 47.8 Å². The molecule has 3 aromatic rings. The van der Waals surface area contributed by atoms with Crippen LogP contribution in [0.25, 0.3) is 0 Å². The minimum atomic E-state index is -3.76. The second-order valence-electron chi connectivity index (χ2n) is 5.53. The molecular formula is C16H18FN5O2S. The smallest absolute Gasteiger partial charge is 0.265 e. The summed E-state index contributed by atoms with van der Waals surface area (Å²) in [5.74, 6) is -0.331. The molecule has 0 spiro atoms. The third-order valence-corrected chi connectivity index (χ3v) is 5.31. The maximum atomic E-state index is 13.7. The minimum absolute atomic E-state index is 0.121. The molecule has 1 aromatic carbocycles. The molecule has 2 aromatic heterocycles. The van der Waals surface area contributed by atoms with E-state index in [0.717, 1.165) is 0 Å². The number of halogens is 1. The van der Waals surface area contributed by atoms with Crippen LogP contribution in [0.4, 0.5) is 10.1 Å². The van der Waals surface area contributed by atoms with E-state index in [2.05, 4.69) is 14.9 Å². The number of nitrogens with one attached hydrogen (secondary N) is 1. The molecule has 0 aliphatic heterocycles. The van der Waals surface area contributed by atoms with Gasteiger partial charge in [-0.2, -0.15) is 10.2 Å². The molecule has 0 fully saturated rings. The van der Waals surface area contributed by atoms with E-state index in [1.54, 1.807) is 29.8 Å². The summed E-state index contributed by atoms with van der Waals surface area (Å²) in [6.07, 6.45) is 4.23. The van der Waals surface area contributed by atoms with E-state index >= 15 is 0 Å². The zero-order valence-corrected chi connectivity index (χ0v) is 14.7. The average Bonchev–Trinajstić information content (AvgIpc) is 3.15. The molecule has 0 aliphatic carbocycles. The standard InChI is InChI=1S/C16H18FN5O2S/c1-3-22-12(2)16(9-19-22)25(23,24)20-14-8-18-21(11-14)10-13-6-4-5-7-15(13)17/h4-9,11,20H,3,10H2,1-2H3. The third kappa shape index (κ3) is 3.55. The molecule has 0 saturated heterocycles. The molecule has 0 unspecified atom stereocenters. The fraction of sp³-hybridized carbons (Fsp3) is 0.250. The molecule has 9 heteroatoms. The lowest BCUT2D eigenvalue weighted by Gasteiger charge is -2.06. The van der Waals surface area contributed by atoms with E-state index in [4.69, 9.17) is 0 Å². The number of aryl methyl sites for hydroxylation is 1. The van der Waals surface area contributed by atoms with Crippen molar-refractivity contribution >= 4 is 15.7 Å². The second-order valence-corrected chi connectivity index (χ2v) is 7.18. The fourth-order valence-electron chi connectivity index (χ4n) is 2.53. The van der Waals surface area contributed by atoms with Crippen LogP contribution in [0.3, 0.4) is 0 Å². The molecule has 2 heterocycles. The Balaban J connectivity index is 1.78. The van der Waals surface area contributed by atoms with E-state index in [9.17, 15) is 12.8 Å². The summed E-state index contributed by atoms with van der Waals surface area (Å²) in [5.41, 5.74) is 1.34. The van der Waals surface area contributed by atoms with E-state index in [-0.39, 0.29) is 17.3 Å². The third-order valence-electron chi connectivity index (χ3n) is 3.82. The molecule has 0 bridgehead atoms. The molecule has 3 rings (SSSR count). The van der Waals surface area contributed by atoms with E-state index in [0.29, 0.717) is 23.5 Å². The molecule has 0 atom stereocenters. The van der Waals surface area contributed by atoms with Gasteiger partial charge in [-0.3, -0.25) is 14.1 Å². The average molecular weight is 363 g/mol. The van der Waals surface area contributed by atoms with Gasteiger partial charge in [0.05, 0.1) is 30.3 Å². The zero-order valence-electron chi connectivity index (χ0n) is 13.8. The number of aromatic nitrogens is 4. The van der Waals surface area contributed by atoms with Crippen LogP contribution in [0.2, 0.25) is 0 Å². The van der Waals surface area contributed by atoms with Gasteiger partial charge in [0.2, 0.25) is 0 Å². The molecular weight excluding hydrogens is 345 g/mol. The number of hydrogen-bond acceptors (Lipinski definition) is 4. The predicted octanol–water partition coefficient (Wildman–Crippen LogP) is 2.40. The summed E-state index contributed by atoms with van der Waals surface area (Å²) in [7, 11) is -3.76. The first kappa shape index (κ1) is 17.2. The molecule has 132 valence electrons. The van der Waals surface area contributed by atoms with Crippen molar-refractivity contribution < 1.29 is 12.8 Å². The summed E-state index contributed by atoms with van der Waals surface area (Å²) in [5, 5.41) is 8.12. The molecule has 0 aliphatic rings. The van der Waals surface area contributed by atoms with Gasteiger partial charge in [0.25, 0.3) is 10.0 Å². The van der Waals surface area contributed by atoms with Gasteiger partial charge in [-0.25, -0.2) is 12.8 Å². The first-order chi connectivity index (χ1) is 11.9. The quantitative estimate of drug-likeness (QED) is 0.729. The van der Waals surface area contributed by atoms with Crippen LogP contribution in [-0.4, -0.2) is 28.0 Å². The number of sulfonamides is 1. The molecule has 0 amide bonds. The fourth-order valence-corrected chi connectivity index (χ4v) is 3.73. The van der Waals surface area contributed by atoms with Crippen molar-refractivity contribution in [1.82, 2.24) is 19.6 Å². The normalized spacial score (nSPS) is 11.6. The van der Waals surface area contributed by atoms with Gasteiger partial charge < -0.3 is 0 Å². The summed E-state index contributed by atoms with van der Waals surface area (Å²) in [6, 6.07) is 6.37. The van der Waals surface area contributed by atoms with Gasteiger partial charge in [-0.05, 0) is 19.9 Å². The van der Waals surface area contributed by atoms with Crippen LogP contribution in [-0.2, 0) is 23.1 Å². The van der Waals surface area contributed by atoms with E-state index in [1.165, 1.54) is 29.3 Å². The predicted molar refractivity (Wildman–Crippen MR) is 91.2 cm³/mol. The van der Waals surface area contributed by atoms with Gasteiger partial charge in [0.15, 0.2) is 0 Å². The largest absolute Gasteiger partial charge is 0.276 e. The van der Waals surface area contributed by atoms with Crippen LogP contribution >= 0.6 is 0 Å². The summed E-state index contributed by atoms with van der Waals surface area (Å²) < 4.78 is 44.3. The Labute approximate surface area is 145 Å². The number of benzene rings is 1. The van der Waals surface area contributed by atoms with Crippen LogP contribution < -0.4 is 4.72 Å². The van der Waals surface area contributed by atoms with Crippen LogP contribution in [0.1, 0.15) is 18.2 Å². The monoisotopic (exact) mass is 363 g/mol. The lowest BCUT2D eigenvalue weighted by atomic mass is 10.2. The molecule has 0 saturated carbocycles. The Hall–Kier alpha value is -2.68. The number of anilines is 1. The SMILES string of the molecule is CCn1ncc(S(=O)(=O)Nc2cnn(Cc3ccccc3F)c2)c1C. The zero-order chi connectivity index (χ0) is 18.0. The molecule has 7 nitrogen and oxygen atoms in total. The summed E-state index contributed by atoms with van der Waals surface area (Å²) >= 11 is 0. The lowest BCUT2D eigenvalue weighted by Crippen LogP contribution is -2.13. The summed E-state index contributed by atoms with van der Waals surface area (Å²) in [4.78, 5) is 0.121. The van der Waals surface area contributed by atoms with Crippen molar-refractivity contribution in [2.75, 3.05) is 4.72 Å². The molecule has 0 radical (unpaired) electrons. The highest BCUT2D eigenvalue weighted by atomic mass is 32.2. The van der Waals surface area contributed by atoms with Crippen molar-refractivity contribution in [3.05, 3.63) is 59.9 Å². The summed E-state index contributed by atoms with van der Waals surface area (Å²) in [6.45, 7) is 4.38. The molecule has 25 heavy (non-hydrogen) atoms. The van der Waals surface area contributed by atoms with Crippen molar-refractivity contribution in [3.8, 4) is 0 Å². The van der Waals surface area contributed by atoms with Crippen molar-refractivity contribution in [2.45, 2.75) is 31.8 Å². The van der Waals surface area contributed by atoms with Gasteiger partial charge in [-0.1, -0.05) is 18.2 Å². The highest BCUT2D eigenvalue weighted by Gasteiger charge is 2.21. The Morgan fingerprint density at radius 3 is 2.64 bits per heavy atom. The van der Waals surface area contributed by atoms with Crippen LogP contribution in [0, 0.1) is 12.7 Å². The topological polar surface area (TPSA) is 81.8 Å². The number of rotatable bonds is 6. The highest BCUT2D eigenvalue weighted by Crippen LogP contribution is 2.19. The molecule has 1 N–H and O–H groups in total. The van der Waals surface area contributed by atoms with E-state index in [1.807, 2.05) is 6.92 Å². The minimum Gasteiger partial charge on any atom is -0.276 e. The first-order valence-electron chi connectivity index (χ1n) is 7.72. The maximum absolute atomic E-state index is 13.7. The second kappa shape index (κ2) is 6.67. The lowest BCUT2D eigenvalue weighted by molar-refractivity contribution is 0.585. The Bertz CT molecular complexity index is 994. The van der Waals surface area contributed by atoms with Gasteiger partial charge in [-0.15, -0.1) is 0 Å². The maximum Gasteiger partial charge on any atom is 0.265 e. The number of nitrogens with zero attached hydrogens (tertiary/aromatic N) is 4. The van der Waals surface area contributed by atoms with Gasteiger partial charge in [0.1, 0.15) is 10.7 Å². The highest BCUT2D eigenvalue weighted by molar-refractivity contribution is 7.92. The van der Waals surface area contributed by atoms with Crippen molar-refractivity contribution in [2.24, 2.45) is 0 Å². The Kier molecular flexibility index (Phi) is 4.58. The number of hydrogen-bond donors (Lipinski definition) is 1.